The third-order valence-electron chi connectivity index (χ3n) is 2.90. The van der Waals surface area contributed by atoms with Gasteiger partial charge >= 0.3 is 0 Å². The number of nitriles is 1. The number of hydrogen-bond donors (Lipinski definition) is 0. The van der Waals surface area contributed by atoms with Crippen molar-refractivity contribution in [2.45, 2.75) is 0 Å². The molecule has 0 heterocycles. The summed E-state index contributed by atoms with van der Waals surface area (Å²) in [6.07, 6.45) is 1.92. The molecule has 2 heteroatoms. The third-order valence-corrected chi connectivity index (χ3v) is 2.90. The Balaban J connectivity index is 2.39. The number of nitrogens with zero attached hydrogens (tertiary/aromatic N) is 2. The van der Waals surface area contributed by atoms with Crippen LogP contribution < -0.4 is 4.90 Å². The van der Waals surface area contributed by atoms with Crippen molar-refractivity contribution < 1.29 is 0 Å². The predicted molar refractivity (Wildman–Crippen MR) is 80.7 cm³/mol. The van der Waals surface area contributed by atoms with Gasteiger partial charge in [-0.15, -0.1) is 0 Å². The van der Waals surface area contributed by atoms with Crippen LogP contribution >= 0.6 is 0 Å². The summed E-state index contributed by atoms with van der Waals surface area (Å²) >= 11 is 0. The Bertz CT molecular complexity index is 619. The Kier molecular flexibility index (Phi) is 4.00. The van der Waals surface area contributed by atoms with Crippen LogP contribution in [0.5, 0.6) is 0 Å². The number of allylic oxidation sites excluding steroid dienone is 1. The van der Waals surface area contributed by atoms with E-state index in [4.69, 9.17) is 0 Å². The first-order valence-corrected chi connectivity index (χ1v) is 6.15. The summed E-state index contributed by atoms with van der Waals surface area (Å²) < 4.78 is 0. The molecule has 0 aliphatic heterocycles. The molecule has 2 aromatic carbocycles. The van der Waals surface area contributed by atoms with Crippen LogP contribution in [-0.4, -0.2) is 14.1 Å². The van der Waals surface area contributed by atoms with Gasteiger partial charge in [0.1, 0.15) is 0 Å². The molecule has 0 spiro atoms. The molecule has 94 valence electrons. The Hall–Kier alpha value is -2.53. The second-order valence-corrected chi connectivity index (χ2v) is 4.53. The first kappa shape index (κ1) is 12.9. The van der Waals surface area contributed by atoms with Crippen molar-refractivity contribution in [2.75, 3.05) is 19.0 Å². The molecule has 2 nitrogen and oxygen atoms in total. The Morgan fingerprint density at radius 3 is 2.42 bits per heavy atom. The fourth-order valence-electron chi connectivity index (χ4n) is 1.86. The molecular formula is C17H16N2. The summed E-state index contributed by atoms with van der Waals surface area (Å²) in [6, 6.07) is 20.1. The monoisotopic (exact) mass is 248 g/mol. The molecule has 2 aromatic rings. The molecule has 0 amide bonds. The second-order valence-electron chi connectivity index (χ2n) is 4.53. The summed E-state index contributed by atoms with van der Waals surface area (Å²) in [5.41, 5.74) is 3.78. The van der Waals surface area contributed by atoms with E-state index in [9.17, 15) is 5.26 Å². The standard InChI is InChI=1S/C17H16N2/c1-19(2)17-10-6-7-14(12-17)11-16(13-18)15-8-4-3-5-9-15/h3-12H,1-2H3. The number of hydrogen-bond acceptors (Lipinski definition) is 2. The first-order valence-electron chi connectivity index (χ1n) is 6.15. The van der Waals surface area contributed by atoms with E-state index in [0.717, 1.165) is 16.8 Å². The summed E-state index contributed by atoms with van der Waals surface area (Å²) in [4.78, 5) is 2.05. The van der Waals surface area contributed by atoms with Gasteiger partial charge in [-0.3, -0.25) is 0 Å². The predicted octanol–water partition coefficient (Wildman–Crippen LogP) is 3.82. The number of benzene rings is 2. The zero-order valence-corrected chi connectivity index (χ0v) is 11.2. The van der Waals surface area contributed by atoms with E-state index in [-0.39, 0.29) is 0 Å². The molecule has 2 rings (SSSR count). The molecule has 0 aromatic heterocycles. The molecule has 0 bridgehead atoms. The van der Waals surface area contributed by atoms with Gasteiger partial charge in [-0.2, -0.15) is 5.26 Å². The molecule has 0 atom stereocenters. The Morgan fingerprint density at radius 2 is 1.79 bits per heavy atom. The summed E-state index contributed by atoms with van der Waals surface area (Å²) in [6.45, 7) is 0. The molecule has 0 aliphatic carbocycles. The number of anilines is 1. The van der Waals surface area contributed by atoms with E-state index in [0.29, 0.717) is 5.57 Å². The molecule has 19 heavy (non-hydrogen) atoms. The smallest absolute Gasteiger partial charge is 0.0998 e. The maximum absolute atomic E-state index is 9.29. The van der Waals surface area contributed by atoms with Gasteiger partial charge in [0, 0.05) is 19.8 Å². The molecule has 0 saturated carbocycles. The maximum Gasteiger partial charge on any atom is 0.0998 e. The average Bonchev–Trinajstić information content (AvgIpc) is 2.46. The number of rotatable bonds is 3. The van der Waals surface area contributed by atoms with Crippen molar-refractivity contribution >= 4 is 17.3 Å². The van der Waals surface area contributed by atoms with Gasteiger partial charge in [0.2, 0.25) is 0 Å². The fourth-order valence-corrected chi connectivity index (χ4v) is 1.86. The van der Waals surface area contributed by atoms with Crippen LogP contribution in [0.1, 0.15) is 11.1 Å². The second kappa shape index (κ2) is 5.88. The van der Waals surface area contributed by atoms with Crippen LogP contribution in [0.4, 0.5) is 5.69 Å². The normalized spacial score (nSPS) is 10.9. The van der Waals surface area contributed by atoms with Crippen molar-refractivity contribution in [3.63, 3.8) is 0 Å². The molecule has 0 unspecified atom stereocenters. The largest absolute Gasteiger partial charge is 0.378 e. The highest BCUT2D eigenvalue weighted by Crippen LogP contribution is 2.20. The SMILES string of the molecule is CN(C)c1cccc(C=C(C#N)c2ccccc2)c1. The highest BCUT2D eigenvalue weighted by molar-refractivity contribution is 5.89. The lowest BCUT2D eigenvalue weighted by Gasteiger charge is -2.12. The minimum Gasteiger partial charge on any atom is -0.378 e. The summed E-state index contributed by atoms with van der Waals surface area (Å²) in [7, 11) is 4.01. The van der Waals surface area contributed by atoms with Crippen molar-refractivity contribution in [1.29, 1.82) is 5.26 Å². The highest BCUT2D eigenvalue weighted by Gasteiger charge is 2.01. The van der Waals surface area contributed by atoms with Gasteiger partial charge in [0.15, 0.2) is 0 Å². The molecule has 0 saturated heterocycles. The summed E-state index contributed by atoms with van der Waals surface area (Å²) in [5.74, 6) is 0. The van der Waals surface area contributed by atoms with Crippen LogP contribution in [0.15, 0.2) is 54.6 Å². The maximum atomic E-state index is 9.29. The van der Waals surface area contributed by atoms with Gasteiger partial charge in [0.05, 0.1) is 11.6 Å². The first-order chi connectivity index (χ1) is 9.20. The van der Waals surface area contributed by atoms with Crippen LogP contribution in [0, 0.1) is 11.3 Å². The van der Waals surface area contributed by atoms with Crippen LogP contribution in [0.3, 0.4) is 0 Å². The minimum absolute atomic E-state index is 0.677. The van der Waals surface area contributed by atoms with Crippen molar-refractivity contribution in [1.82, 2.24) is 0 Å². The molecule has 0 fully saturated rings. The van der Waals surface area contributed by atoms with E-state index < -0.39 is 0 Å². The van der Waals surface area contributed by atoms with Gasteiger partial charge < -0.3 is 4.90 Å². The van der Waals surface area contributed by atoms with Crippen molar-refractivity contribution in [3.8, 4) is 6.07 Å². The quantitative estimate of drug-likeness (QED) is 0.610. The van der Waals surface area contributed by atoms with E-state index in [1.54, 1.807) is 0 Å². The van der Waals surface area contributed by atoms with Crippen LogP contribution in [0.25, 0.3) is 11.6 Å². The Morgan fingerprint density at radius 1 is 1.05 bits per heavy atom. The van der Waals surface area contributed by atoms with E-state index in [1.807, 2.05) is 73.6 Å². The minimum atomic E-state index is 0.677. The van der Waals surface area contributed by atoms with Crippen molar-refractivity contribution in [2.24, 2.45) is 0 Å². The van der Waals surface area contributed by atoms with Crippen molar-refractivity contribution in [3.05, 3.63) is 65.7 Å². The third kappa shape index (κ3) is 3.23. The Labute approximate surface area is 114 Å². The average molecular weight is 248 g/mol. The van der Waals surface area contributed by atoms with Gasteiger partial charge in [-0.1, -0.05) is 42.5 Å². The van der Waals surface area contributed by atoms with Gasteiger partial charge in [0.25, 0.3) is 0 Å². The van der Waals surface area contributed by atoms with E-state index in [2.05, 4.69) is 12.1 Å². The highest BCUT2D eigenvalue weighted by atomic mass is 15.1. The lowest BCUT2D eigenvalue weighted by Crippen LogP contribution is -2.08. The van der Waals surface area contributed by atoms with Gasteiger partial charge in [-0.05, 0) is 29.3 Å². The lowest BCUT2D eigenvalue weighted by molar-refractivity contribution is 1.13. The van der Waals surface area contributed by atoms with Gasteiger partial charge in [-0.25, -0.2) is 0 Å². The molecular weight excluding hydrogens is 232 g/mol. The molecule has 0 aliphatic rings. The van der Waals surface area contributed by atoms with Crippen LogP contribution in [-0.2, 0) is 0 Å². The van der Waals surface area contributed by atoms with E-state index >= 15 is 0 Å². The lowest BCUT2D eigenvalue weighted by atomic mass is 10.0. The molecule has 0 radical (unpaired) electrons. The molecule has 0 N–H and O–H groups in total. The zero-order chi connectivity index (χ0) is 13.7. The van der Waals surface area contributed by atoms with Crippen LogP contribution in [0.2, 0.25) is 0 Å². The van der Waals surface area contributed by atoms with E-state index in [1.165, 1.54) is 0 Å². The zero-order valence-electron chi connectivity index (χ0n) is 11.2. The fraction of sp³-hybridized carbons (Fsp3) is 0.118. The topological polar surface area (TPSA) is 27.0 Å². The summed E-state index contributed by atoms with van der Waals surface area (Å²) in [5, 5.41) is 9.29.